The fourth-order valence-electron chi connectivity index (χ4n) is 5.23. The van der Waals surface area contributed by atoms with E-state index < -0.39 is 0 Å². The van der Waals surface area contributed by atoms with Crippen molar-refractivity contribution in [3.63, 3.8) is 0 Å². The standard InChI is InChI=1S/C27H42N2O4/c1-6-16-32-26(31)18-27(14-9-8-10-15-27)20-29(21-30)33-24-13-11-12-23(17-24)25(7-2)22(3)19-28(4)5/h6,11-13,17,21-22,25H,1,7-10,14-16,18-20H2,2-5H3/t22-,25-/m0/s1. The van der Waals surface area contributed by atoms with Gasteiger partial charge in [0.15, 0.2) is 5.75 Å². The molecule has 1 fully saturated rings. The molecule has 1 aliphatic rings. The van der Waals surface area contributed by atoms with Crippen LogP contribution in [-0.4, -0.2) is 56.1 Å². The predicted molar refractivity (Wildman–Crippen MR) is 132 cm³/mol. The van der Waals surface area contributed by atoms with Crippen LogP contribution in [0.15, 0.2) is 36.9 Å². The molecule has 1 aromatic carbocycles. The van der Waals surface area contributed by atoms with Crippen LogP contribution in [0.4, 0.5) is 0 Å². The van der Waals surface area contributed by atoms with Crippen molar-refractivity contribution in [2.24, 2.45) is 11.3 Å². The van der Waals surface area contributed by atoms with Crippen LogP contribution in [0.25, 0.3) is 0 Å². The summed E-state index contributed by atoms with van der Waals surface area (Å²) in [6.07, 6.45) is 8.61. The topological polar surface area (TPSA) is 59.1 Å². The summed E-state index contributed by atoms with van der Waals surface area (Å²) in [7, 11) is 4.19. The van der Waals surface area contributed by atoms with E-state index in [-0.39, 0.29) is 24.4 Å². The number of nitrogens with zero attached hydrogens (tertiary/aromatic N) is 2. The Morgan fingerprint density at radius 3 is 2.58 bits per heavy atom. The van der Waals surface area contributed by atoms with Crippen molar-refractivity contribution in [1.82, 2.24) is 9.96 Å². The summed E-state index contributed by atoms with van der Waals surface area (Å²) < 4.78 is 5.25. The Hall–Kier alpha value is -2.34. The summed E-state index contributed by atoms with van der Waals surface area (Å²) in [6.45, 7) is 9.68. The lowest BCUT2D eigenvalue weighted by atomic mass is 9.71. The molecule has 0 unspecified atom stereocenters. The van der Waals surface area contributed by atoms with Crippen molar-refractivity contribution in [2.75, 3.05) is 33.8 Å². The van der Waals surface area contributed by atoms with Crippen molar-refractivity contribution in [3.8, 4) is 5.75 Å². The zero-order valence-electron chi connectivity index (χ0n) is 20.9. The van der Waals surface area contributed by atoms with Crippen LogP contribution >= 0.6 is 0 Å². The molecule has 0 radical (unpaired) electrons. The van der Waals surface area contributed by atoms with Crippen LogP contribution in [0.2, 0.25) is 0 Å². The van der Waals surface area contributed by atoms with E-state index in [1.54, 1.807) is 6.08 Å². The van der Waals surface area contributed by atoms with Gasteiger partial charge in [-0.25, -0.2) is 0 Å². The average molecular weight is 459 g/mol. The molecule has 0 heterocycles. The van der Waals surface area contributed by atoms with Gasteiger partial charge in [-0.05, 0) is 62.9 Å². The second-order valence-electron chi connectivity index (χ2n) is 9.81. The van der Waals surface area contributed by atoms with Crippen molar-refractivity contribution < 1.29 is 19.2 Å². The Morgan fingerprint density at radius 1 is 1.24 bits per heavy atom. The molecule has 2 atom stereocenters. The summed E-state index contributed by atoms with van der Waals surface area (Å²) in [5.41, 5.74) is 0.900. The maximum absolute atomic E-state index is 12.4. The van der Waals surface area contributed by atoms with Crippen molar-refractivity contribution in [3.05, 3.63) is 42.5 Å². The first-order chi connectivity index (χ1) is 15.8. The molecule has 0 spiro atoms. The second-order valence-corrected chi connectivity index (χ2v) is 9.81. The number of carbonyl (C=O) groups excluding carboxylic acids is 2. The highest BCUT2D eigenvalue weighted by Gasteiger charge is 2.37. The van der Waals surface area contributed by atoms with Crippen LogP contribution in [0, 0.1) is 11.3 Å². The third kappa shape index (κ3) is 8.50. The van der Waals surface area contributed by atoms with Gasteiger partial charge in [0, 0.05) is 12.0 Å². The van der Waals surface area contributed by atoms with Crippen molar-refractivity contribution >= 4 is 12.4 Å². The molecular formula is C27H42N2O4. The highest BCUT2D eigenvalue weighted by Crippen LogP contribution is 2.40. The number of rotatable bonds is 14. The van der Waals surface area contributed by atoms with Gasteiger partial charge in [0.05, 0.1) is 13.0 Å². The number of esters is 1. The van der Waals surface area contributed by atoms with Gasteiger partial charge in [-0.15, -0.1) is 0 Å². The van der Waals surface area contributed by atoms with Gasteiger partial charge in [0.25, 0.3) is 0 Å². The monoisotopic (exact) mass is 458 g/mol. The number of ether oxygens (including phenoxy) is 1. The van der Waals surface area contributed by atoms with E-state index in [1.165, 1.54) is 10.6 Å². The molecule has 2 rings (SSSR count). The smallest absolute Gasteiger partial charge is 0.306 e. The normalized spacial score (nSPS) is 17.1. The zero-order chi connectivity index (χ0) is 24.3. The zero-order valence-corrected chi connectivity index (χ0v) is 20.9. The number of carbonyl (C=O) groups is 2. The maximum Gasteiger partial charge on any atom is 0.306 e. The molecule has 0 aromatic heterocycles. The number of hydrogen-bond donors (Lipinski definition) is 0. The van der Waals surface area contributed by atoms with E-state index in [9.17, 15) is 9.59 Å². The minimum atomic E-state index is -0.318. The van der Waals surface area contributed by atoms with Gasteiger partial charge in [-0.1, -0.05) is 57.9 Å². The van der Waals surface area contributed by atoms with Gasteiger partial charge in [0.1, 0.15) is 6.61 Å². The third-order valence-electron chi connectivity index (χ3n) is 6.69. The van der Waals surface area contributed by atoms with Gasteiger partial charge in [-0.3, -0.25) is 9.59 Å². The summed E-state index contributed by atoms with van der Waals surface area (Å²) in [5, 5.41) is 1.36. The van der Waals surface area contributed by atoms with Crippen molar-refractivity contribution in [1.29, 1.82) is 0 Å². The molecule has 1 amide bonds. The number of amides is 1. The lowest BCUT2D eigenvalue weighted by Gasteiger charge is -2.38. The van der Waals surface area contributed by atoms with Crippen LogP contribution in [0.3, 0.4) is 0 Å². The van der Waals surface area contributed by atoms with Crippen LogP contribution < -0.4 is 4.84 Å². The average Bonchev–Trinajstić information content (AvgIpc) is 2.78. The molecule has 33 heavy (non-hydrogen) atoms. The Bertz CT molecular complexity index is 758. The van der Waals surface area contributed by atoms with Crippen LogP contribution in [-0.2, 0) is 14.3 Å². The van der Waals surface area contributed by atoms with Gasteiger partial charge in [0.2, 0.25) is 6.41 Å². The van der Waals surface area contributed by atoms with Gasteiger partial charge < -0.3 is 14.5 Å². The molecule has 0 bridgehead atoms. The van der Waals surface area contributed by atoms with E-state index in [0.717, 1.165) is 51.5 Å². The van der Waals surface area contributed by atoms with E-state index in [4.69, 9.17) is 9.57 Å². The van der Waals surface area contributed by atoms with Crippen LogP contribution in [0.1, 0.15) is 70.3 Å². The molecule has 0 saturated heterocycles. The van der Waals surface area contributed by atoms with Crippen molar-refractivity contribution in [2.45, 2.75) is 64.7 Å². The first-order valence-corrected chi connectivity index (χ1v) is 12.2. The molecule has 1 aromatic rings. The maximum atomic E-state index is 12.4. The Balaban J connectivity index is 2.13. The van der Waals surface area contributed by atoms with Crippen LogP contribution in [0.5, 0.6) is 5.75 Å². The summed E-state index contributed by atoms with van der Waals surface area (Å²) >= 11 is 0. The molecule has 0 aliphatic heterocycles. The first kappa shape index (κ1) is 26.9. The Kier molecular flexibility index (Phi) is 10.9. The SMILES string of the molecule is C=CCOC(=O)CC1(CN(C=O)Oc2cccc([C@@H](CC)[C@@H](C)CN(C)C)c2)CCCCC1. The number of hydrogen-bond acceptors (Lipinski definition) is 5. The number of hydroxylamine groups is 2. The largest absolute Gasteiger partial charge is 0.461 e. The first-order valence-electron chi connectivity index (χ1n) is 12.2. The Labute approximate surface area is 199 Å². The van der Waals surface area contributed by atoms with E-state index in [2.05, 4.69) is 45.5 Å². The summed E-state index contributed by atoms with van der Waals surface area (Å²) in [6, 6.07) is 8.05. The number of benzene rings is 1. The van der Waals surface area contributed by atoms with Gasteiger partial charge in [-0.2, -0.15) is 5.06 Å². The lowest BCUT2D eigenvalue weighted by molar-refractivity contribution is -0.156. The fraction of sp³-hybridized carbons (Fsp3) is 0.630. The third-order valence-corrected chi connectivity index (χ3v) is 6.69. The molecule has 0 N–H and O–H groups in total. The minimum absolute atomic E-state index is 0.209. The Morgan fingerprint density at radius 2 is 1.97 bits per heavy atom. The molecule has 6 heteroatoms. The van der Waals surface area contributed by atoms with E-state index >= 15 is 0 Å². The molecule has 1 aliphatic carbocycles. The lowest BCUT2D eigenvalue weighted by Crippen LogP contribution is -2.42. The fourth-order valence-corrected chi connectivity index (χ4v) is 5.23. The summed E-state index contributed by atoms with van der Waals surface area (Å²) in [5.74, 6) is 1.31. The molecular weight excluding hydrogens is 416 g/mol. The second kappa shape index (κ2) is 13.4. The highest BCUT2D eigenvalue weighted by atomic mass is 16.7. The van der Waals surface area contributed by atoms with E-state index in [0.29, 0.717) is 24.1 Å². The molecule has 184 valence electrons. The summed E-state index contributed by atoms with van der Waals surface area (Å²) in [4.78, 5) is 32.6. The molecule has 6 nitrogen and oxygen atoms in total. The quantitative estimate of drug-likeness (QED) is 0.166. The van der Waals surface area contributed by atoms with Gasteiger partial charge >= 0.3 is 5.97 Å². The van der Waals surface area contributed by atoms with E-state index in [1.807, 2.05) is 18.2 Å². The predicted octanol–water partition coefficient (Wildman–Crippen LogP) is 5.20. The highest BCUT2D eigenvalue weighted by molar-refractivity contribution is 5.70. The minimum Gasteiger partial charge on any atom is -0.461 e. The molecule has 1 saturated carbocycles.